The van der Waals surface area contributed by atoms with Gasteiger partial charge in [0.2, 0.25) is 0 Å². The summed E-state index contributed by atoms with van der Waals surface area (Å²) >= 11 is 0. The minimum Gasteiger partial charge on any atom is -0.461 e. The fourth-order valence-electron chi connectivity index (χ4n) is 3.43. The van der Waals surface area contributed by atoms with Crippen molar-refractivity contribution in [1.29, 1.82) is 0 Å². The first-order chi connectivity index (χ1) is 16.3. The highest BCUT2D eigenvalue weighted by Crippen LogP contribution is 2.27. The maximum atomic E-state index is 15.0. The van der Waals surface area contributed by atoms with Gasteiger partial charge in [-0.3, -0.25) is 14.8 Å². The van der Waals surface area contributed by atoms with Crippen LogP contribution in [0.3, 0.4) is 0 Å². The number of carbonyl (C=O) groups excluding carboxylic acids is 1. The van der Waals surface area contributed by atoms with E-state index in [1.54, 1.807) is 48.1 Å². The number of benzene rings is 1. The lowest BCUT2D eigenvalue weighted by molar-refractivity contribution is -0.134. The van der Waals surface area contributed by atoms with Gasteiger partial charge in [-0.15, -0.1) is 0 Å². The highest BCUT2D eigenvalue weighted by atomic mass is 19.1. The predicted molar refractivity (Wildman–Crippen MR) is 128 cm³/mol. The van der Waals surface area contributed by atoms with Crippen LogP contribution in [0.15, 0.2) is 46.9 Å². The molecule has 0 saturated carbocycles. The summed E-state index contributed by atoms with van der Waals surface area (Å²) in [5, 5.41) is 29.3. The minimum atomic E-state index is -0.886. The van der Waals surface area contributed by atoms with E-state index in [1.165, 1.54) is 12.3 Å². The quantitative estimate of drug-likeness (QED) is 0.245. The second-order valence-electron chi connectivity index (χ2n) is 8.02. The van der Waals surface area contributed by atoms with Crippen molar-refractivity contribution < 1.29 is 24.1 Å². The molecule has 0 aliphatic carbocycles. The molecule has 3 unspecified atom stereocenters. The summed E-state index contributed by atoms with van der Waals surface area (Å²) in [4.78, 5) is 17.0. The van der Waals surface area contributed by atoms with E-state index in [4.69, 9.17) is 4.74 Å². The van der Waals surface area contributed by atoms with Crippen LogP contribution in [-0.2, 0) is 9.53 Å². The van der Waals surface area contributed by atoms with E-state index < -0.39 is 24.1 Å². The molecule has 34 heavy (non-hydrogen) atoms. The van der Waals surface area contributed by atoms with Crippen molar-refractivity contribution in [2.24, 2.45) is 10.3 Å². The second-order valence-corrected chi connectivity index (χ2v) is 8.02. The zero-order valence-corrected chi connectivity index (χ0v) is 20.1. The molecule has 186 valence electrons. The second kappa shape index (κ2) is 13.6. The maximum absolute atomic E-state index is 15.0. The number of aliphatic hydroxyl groups excluding tert-OH is 2. The van der Waals surface area contributed by atoms with Gasteiger partial charge in [-0.05, 0) is 45.0 Å². The fraction of sp³-hybridized carbons (Fsp3) is 0.500. The number of halogens is 1. The smallest absolute Gasteiger partial charge is 0.293 e. The number of ether oxygens (including phenoxy) is 1. The van der Waals surface area contributed by atoms with Crippen molar-refractivity contribution in [2.45, 2.75) is 45.5 Å². The molecule has 2 aromatic rings. The molecule has 0 spiro atoms. The number of hydrogen-bond donors (Lipinski definition) is 2. The number of nitrogens with zero attached hydrogens (tertiary/aromatic N) is 5. The summed E-state index contributed by atoms with van der Waals surface area (Å²) in [6.07, 6.45) is -0.343. The van der Waals surface area contributed by atoms with Crippen LogP contribution < -0.4 is 4.90 Å². The van der Waals surface area contributed by atoms with Crippen molar-refractivity contribution in [3.8, 4) is 11.1 Å². The topological polar surface area (TPSA) is 111 Å². The van der Waals surface area contributed by atoms with E-state index in [9.17, 15) is 19.4 Å². The zero-order valence-electron chi connectivity index (χ0n) is 20.1. The lowest BCUT2D eigenvalue weighted by Crippen LogP contribution is -2.38. The molecule has 1 aromatic carbocycles. The van der Waals surface area contributed by atoms with Gasteiger partial charge in [-0.2, -0.15) is 5.11 Å². The maximum Gasteiger partial charge on any atom is 0.293 e. The number of anilines is 1. The van der Waals surface area contributed by atoms with E-state index in [0.717, 1.165) is 0 Å². The third-order valence-electron chi connectivity index (χ3n) is 5.23. The highest BCUT2D eigenvalue weighted by molar-refractivity contribution is 5.66. The average Bonchev–Trinajstić information content (AvgIpc) is 2.81. The van der Waals surface area contributed by atoms with Gasteiger partial charge in [0.25, 0.3) is 6.47 Å². The van der Waals surface area contributed by atoms with Crippen LogP contribution >= 0.6 is 0 Å². The molecule has 9 nitrogen and oxygen atoms in total. The molecule has 0 fully saturated rings. The van der Waals surface area contributed by atoms with Gasteiger partial charge in [0.05, 0.1) is 37.5 Å². The third kappa shape index (κ3) is 8.03. The molecule has 1 aromatic heterocycles. The standard InChI is InChI=1S/C24H34FN5O4/c1-5-27-28-30(6-2)15-20(34-16-31)14-29(4)19-8-9-21(22(25)12-19)18-7-10-23(26-13-18)24(33)11-17(3)32/h7-10,12-13,16-17,20,24,32-33H,5-6,11,14-15H2,1-4H3. The Kier molecular flexibility index (Phi) is 10.8. The lowest BCUT2D eigenvalue weighted by atomic mass is 10.0. The number of hydrogen-bond acceptors (Lipinski definition) is 8. The van der Waals surface area contributed by atoms with E-state index in [2.05, 4.69) is 15.3 Å². The first-order valence-electron chi connectivity index (χ1n) is 11.3. The molecule has 2 rings (SSSR count). The summed E-state index contributed by atoms with van der Waals surface area (Å²) in [5.41, 5.74) is 1.99. The van der Waals surface area contributed by atoms with Crippen LogP contribution in [0.25, 0.3) is 11.1 Å². The Labute approximate surface area is 199 Å². The molecule has 0 amide bonds. The molecule has 1 heterocycles. The van der Waals surface area contributed by atoms with Crippen molar-refractivity contribution in [3.05, 3.63) is 48.0 Å². The highest BCUT2D eigenvalue weighted by Gasteiger charge is 2.18. The van der Waals surface area contributed by atoms with Crippen LogP contribution in [0.1, 0.15) is 39.0 Å². The van der Waals surface area contributed by atoms with Crippen molar-refractivity contribution >= 4 is 12.2 Å². The van der Waals surface area contributed by atoms with Crippen molar-refractivity contribution in [1.82, 2.24) is 9.99 Å². The Balaban J connectivity index is 2.11. The summed E-state index contributed by atoms with van der Waals surface area (Å²) in [6.45, 7) is 7.68. The van der Waals surface area contributed by atoms with E-state index in [-0.39, 0.29) is 6.42 Å². The lowest BCUT2D eigenvalue weighted by Gasteiger charge is -2.27. The van der Waals surface area contributed by atoms with Crippen LogP contribution in [0.5, 0.6) is 0 Å². The Morgan fingerprint density at radius 3 is 2.53 bits per heavy atom. The van der Waals surface area contributed by atoms with E-state index >= 15 is 0 Å². The van der Waals surface area contributed by atoms with E-state index in [1.807, 2.05) is 13.8 Å². The zero-order chi connectivity index (χ0) is 25.1. The van der Waals surface area contributed by atoms with Gasteiger partial charge in [0.15, 0.2) is 0 Å². The predicted octanol–water partition coefficient (Wildman–Crippen LogP) is 3.38. The number of pyridine rings is 1. The van der Waals surface area contributed by atoms with Crippen LogP contribution in [0, 0.1) is 5.82 Å². The van der Waals surface area contributed by atoms with Crippen molar-refractivity contribution in [2.75, 3.05) is 38.1 Å². The summed E-state index contributed by atoms with van der Waals surface area (Å²) in [5.74, 6) is -0.428. The Morgan fingerprint density at radius 2 is 1.97 bits per heavy atom. The first kappa shape index (κ1) is 27.1. The molecule has 0 radical (unpaired) electrons. The minimum absolute atomic E-state index is 0.175. The number of rotatable bonds is 14. The molecule has 0 aliphatic heterocycles. The van der Waals surface area contributed by atoms with Crippen LogP contribution in [0.2, 0.25) is 0 Å². The molecule has 3 atom stereocenters. The normalized spacial score (nSPS) is 14.0. The Morgan fingerprint density at radius 1 is 1.21 bits per heavy atom. The monoisotopic (exact) mass is 475 g/mol. The van der Waals surface area contributed by atoms with Gasteiger partial charge in [0.1, 0.15) is 11.9 Å². The molecule has 0 saturated heterocycles. The summed E-state index contributed by atoms with van der Waals surface area (Å²) < 4.78 is 20.2. The van der Waals surface area contributed by atoms with Gasteiger partial charge < -0.3 is 19.8 Å². The molecule has 0 aliphatic rings. The largest absolute Gasteiger partial charge is 0.461 e. The molecular formula is C24H34FN5O4. The van der Waals surface area contributed by atoms with Gasteiger partial charge in [-0.25, -0.2) is 4.39 Å². The third-order valence-corrected chi connectivity index (χ3v) is 5.23. The average molecular weight is 476 g/mol. The number of aliphatic hydroxyl groups is 2. The van der Waals surface area contributed by atoms with Crippen molar-refractivity contribution in [3.63, 3.8) is 0 Å². The van der Waals surface area contributed by atoms with Gasteiger partial charge >= 0.3 is 0 Å². The first-order valence-corrected chi connectivity index (χ1v) is 11.3. The van der Waals surface area contributed by atoms with E-state index in [0.29, 0.717) is 55.2 Å². The molecule has 10 heteroatoms. The molecule has 0 bridgehead atoms. The van der Waals surface area contributed by atoms with Crippen LogP contribution in [0.4, 0.5) is 10.1 Å². The van der Waals surface area contributed by atoms with Crippen LogP contribution in [-0.4, -0.2) is 72.1 Å². The SMILES string of the molecule is CCN=NN(CC)CC(CN(C)c1ccc(-c2ccc(C(O)CC(C)O)nc2)c(F)c1)OC=O. The summed E-state index contributed by atoms with van der Waals surface area (Å²) in [6, 6.07) is 8.17. The molecule has 2 N–H and O–H groups in total. The Hall–Kier alpha value is -3.11. The number of aromatic nitrogens is 1. The number of carbonyl (C=O) groups is 1. The Bertz CT molecular complexity index is 926. The molecular weight excluding hydrogens is 441 g/mol. The van der Waals surface area contributed by atoms with Gasteiger partial charge in [0, 0.05) is 43.0 Å². The fourth-order valence-corrected chi connectivity index (χ4v) is 3.43. The van der Waals surface area contributed by atoms with Gasteiger partial charge in [-0.1, -0.05) is 11.3 Å². The summed E-state index contributed by atoms with van der Waals surface area (Å²) in [7, 11) is 1.79. The number of likely N-dealkylation sites (N-methyl/N-ethyl adjacent to an activating group) is 2.